The molecule has 0 radical (unpaired) electrons. The first-order valence-corrected chi connectivity index (χ1v) is 9.99. The minimum Gasteiger partial charge on any atom is -0.326 e. The van der Waals surface area contributed by atoms with Gasteiger partial charge in [-0.05, 0) is 49.3 Å². The topological polar surface area (TPSA) is 78.5 Å². The molecule has 1 aliphatic heterocycles. The molecule has 8 heteroatoms. The summed E-state index contributed by atoms with van der Waals surface area (Å²) in [5.41, 5.74) is 1.06. The number of amides is 1. The minimum atomic E-state index is -3.71. The van der Waals surface area contributed by atoms with E-state index in [1.165, 1.54) is 23.5 Å². The third-order valence-electron chi connectivity index (χ3n) is 4.81. The maximum atomic E-state index is 12.9. The molecule has 2 aromatic rings. The van der Waals surface area contributed by atoms with Crippen LogP contribution in [0.1, 0.15) is 6.92 Å². The molecule has 1 amide bonds. The van der Waals surface area contributed by atoms with Gasteiger partial charge in [-0.15, -0.1) is 12.4 Å². The zero-order chi connectivity index (χ0) is 18.7. The van der Waals surface area contributed by atoms with E-state index in [0.717, 1.165) is 13.1 Å². The van der Waals surface area contributed by atoms with Crippen molar-refractivity contribution in [2.45, 2.75) is 11.8 Å². The van der Waals surface area contributed by atoms with Crippen LogP contribution in [0.25, 0.3) is 0 Å². The maximum absolute atomic E-state index is 12.9. The van der Waals surface area contributed by atoms with Crippen molar-refractivity contribution in [1.29, 1.82) is 0 Å². The smallest absolute Gasteiger partial charge is 0.264 e. The van der Waals surface area contributed by atoms with Crippen LogP contribution >= 0.6 is 12.4 Å². The Morgan fingerprint density at radius 2 is 1.81 bits per heavy atom. The van der Waals surface area contributed by atoms with Crippen LogP contribution < -0.4 is 14.9 Å². The Bertz CT molecular complexity index is 886. The molecule has 1 aliphatic rings. The molecule has 146 valence electrons. The Hall–Kier alpha value is -2.09. The second-order valence-electron chi connectivity index (χ2n) is 6.53. The first kappa shape index (κ1) is 21.2. The molecule has 1 heterocycles. The maximum Gasteiger partial charge on any atom is 0.264 e. The Kier molecular flexibility index (Phi) is 6.86. The number of hydrogen-bond acceptors (Lipinski definition) is 4. The molecule has 1 fully saturated rings. The summed E-state index contributed by atoms with van der Waals surface area (Å²) >= 11 is 0. The Labute approximate surface area is 166 Å². The first-order chi connectivity index (χ1) is 12.4. The Balaban J connectivity index is 0.00000261. The number of halogens is 1. The number of nitrogens with one attached hydrogen (secondary N) is 2. The van der Waals surface area contributed by atoms with Crippen LogP contribution in [0.15, 0.2) is 59.5 Å². The van der Waals surface area contributed by atoms with Crippen molar-refractivity contribution in [3.8, 4) is 0 Å². The quantitative estimate of drug-likeness (QED) is 0.768. The number of nitrogens with zero attached hydrogens (tertiary/aromatic N) is 1. The lowest BCUT2D eigenvalue weighted by molar-refractivity contribution is -0.121. The molecular weight excluding hydrogens is 386 g/mol. The number of carbonyl (C=O) groups excluding carboxylic acids is 1. The molecule has 0 saturated carbocycles. The van der Waals surface area contributed by atoms with Crippen molar-refractivity contribution in [1.82, 2.24) is 5.32 Å². The van der Waals surface area contributed by atoms with Gasteiger partial charge in [-0.25, -0.2) is 8.42 Å². The van der Waals surface area contributed by atoms with E-state index in [2.05, 4.69) is 10.6 Å². The third kappa shape index (κ3) is 4.61. The predicted molar refractivity (Wildman–Crippen MR) is 110 cm³/mol. The van der Waals surface area contributed by atoms with Crippen molar-refractivity contribution >= 4 is 39.7 Å². The van der Waals surface area contributed by atoms with Crippen LogP contribution in [0.4, 0.5) is 11.4 Å². The molecular formula is C19H24ClN3O3S. The summed E-state index contributed by atoms with van der Waals surface area (Å²) in [5, 5.41) is 5.99. The monoisotopic (exact) mass is 409 g/mol. The van der Waals surface area contributed by atoms with Crippen LogP contribution in [-0.2, 0) is 14.8 Å². The van der Waals surface area contributed by atoms with E-state index in [-0.39, 0.29) is 29.1 Å². The lowest BCUT2D eigenvalue weighted by Gasteiger charge is -2.31. The average molecular weight is 410 g/mol. The van der Waals surface area contributed by atoms with Gasteiger partial charge in [-0.1, -0.05) is 31.2 Å². The van der Waals surface area contributed by atoms with E-state index < -0.39 is 10.0 Å². The largest absolute Gasteiger partial charge is 0.326 e. The van der Waals surface area contributed by atoms with Crippen LogP contribution in [0, 0.1) is 11.8 Å². The van der Waals surface area contributed by atoms with Crippen molar-refractivity contribution in [3.05, 3.63) is 54.6 Å². The lowest BCUT2D eigenvalue weighted by atomic mass is 9.88. The Morgan fingerprint density at radius 3 is 2.41 bits per heavy atom. The number of rotatable bonds is 6. The van der Waals surface area contributed by atoms with Gasteiger partial charge in [0.05, 0.1) is 10.6 Å². The Morgan fingerprint density at radius 1 is 1.15 bits per heavy atom. The molecule has 2 N–H and O–H groups in total. The number of anilines is 2. The first-order valence-electron chi connectivity index (χ1n) is 8.55. The van der Waals surface area contributed by atoms with E-state index in [9.17, 15) is 13.2 Å². The molecule has 1 unspecified atom stereocenters. The highest BCUT2D eigenvalue weighted by molar-refractivity contribution is 7.92. The lowest BCUT2D eigenvalue weighted by Crippen LogP contribution is -2.48. The van der Waals surface area contributed by atoms with Gasteiger partial charge in [-0.2, -0.15) is 0 Å². The highest BCUT2D eigenvalue weighted by Gasteiger charge is 2.29. The van der Waals surface area contributed by atoms with Gasteiger partial charge in [0.1, 0.15) is 0 Å². The number of sulfonamides is 1. The van der Waals surface area contributed by atoms with Crippen LogP contribution in [0.3, 0.4) is 0 Å². The van der Waals surface area contributed by atoms with E-state index >= 15 is 0 Å². The fourth-order valence-electron chi connectivity index (χ4n) is 2.80. The zero-order valence-electron chi connectivity index (χ0n) is 15.3. The van der Waals surface area contributed by atoms with Gasteiger partial charge in [0, 0.05) is 18.7 Å². The van der Waals surface area contributed by atoms with Crippen molar-refractivity contribution in [2.75, 3.05) is 29.8 Å². The molecule has 1 atom stereocenters. The standard InChI is InChI=1S/C19H23N3O3S.ClH/c1-14(15-12-20-13-15)19(23)21-16-7-6-10-18(11-16)26(24,25)22(2)17-8-4-3-5-9-17;/h3-11,14-15,20H,12-13H2,1-2H3,(H,21,23);1H. The molecule has 6 nitrogen and oxygen atoms in total. The van der Waals surface area contributed by atoms with Crippen molar-refractivity contribution < 1.29 is 13.2 Å². The van der Waals surface area contributed by atoms with E-state index in [1.807, 2.05) is 13.0 Å². The van der Waals surface area contributed by atoms with Crippen LogP contribution in [0.2, 0.25) is 0 Å². The number of para-hydroxylation sites is 1. The van der Waals surface area contributed by atoms with Gasteiger partial charge in [-0.3, -0.25) is 9.10 Å². The molecule has 1 saturated heterocycles. The van der Waals surface area contributed by atoms with E-state index in [0.29, 0.717) is 17.3 Å². The number of hydrogen-bond donors (Lipinski definition) is 2. The van der Waals surface area contributed by atoms with Crippen molar-refractivity contribution in [3.63, 3.8) is 0 Å². The average Bonchev–Trinajstić information content (AvgIpc) is 2.60. The fraction of sp³-hybridized carbons (Fsp3) is 0.316. The molecule has 3 rings (SSSR count). The summed E-state index contributed by atoms with van der Waals surface area (Å²) in [6.45, 7) is 3.57. The zero-order valence-corrected chi connectivity index (χ0v) is 16.9. The number of carbonyl (C=O) groups is 1. The molecule has 0 bridgehead atoms. The van der Waals surface area contributed by atoms with Gasteiger partial charge < -0.3 is 10.6 Å². The third-order valence-corrected chi connectivity index (χ3v) is 6.60. The van der Waals surface area contributed by atoms with Gasteiger partial charge in [0.2, 0.25) is 5.91 Å². The number of benzene rings is 2. The second-order valence-corrected chi connectivity index (χ2v) is 8.50. The van der Waals surface area contributed by atoms with Crippen molar-refractivity contribution in [2.24, 2.45) is 11.8 Å². The summed E-state index contributed by atoms with van der Waals surface area (Å²) in [6.07, 6.45) is 0. The molecule has 2 aromatic carbocycles. The van der Waals surface area contributed by atoms with E-state index in [1.54, 1.807) is 36.4 Å². The minimum absolute atomic E-state index is 0. The van der Waals surface area contributed by atoms with Gasteiger partial charge >= 0.3 is 0 Å². The van der Waals surface area contributed by atoms with Crippen LogP contribution in [-0.4, -0.2) is 34.5 Å². The highest BCUT2D eigenvalue weighted by atomic mass is 35.5. The molecule has 0 aromatic heterocycles. The molecule has 0 spiro atoms. The summed E-state index contributed by atoms with van der Waals surface area (Å²) in [4.78, 5) is 12.5. The molecule has 27 heavy (non-hydrogen) atoms. The highest BCUT2D eigenvalue weighted by Crippen LogP contribution is 2.24. The van der Waals surface area contributed by atoms with Gasteiger partial charge in [0.15, 0.2) is 0 Å². The van der Waals surface area contributed by atoms with Crippen LogP contribution in [0.5, 0.6) is 0 Å². The summed E-state index contributed by atoms with van der Waals surface area (Å²) < 4.78 is 27.0. The fourth-order valence-corrected chi connectivity index (χ4v) is 4.05. The van der Waals surface area contributed by atoms with Gasteiger partial charge in [0.25, 0.3) is 10.0 Å². The summed E-state index contributed by atoms with van der Waals surface area (Å²) in [7, 11) is -2.19. The van der Waals surface area contributed by atoms with E-state index in [4.69, 9.17) is 0 Å². The molecule has 0 aliphatic carbocycles. The summed E-state index contributed by atoms with van der Waals surface area (Å²) in [5.74, 6) is 0.108. The predicted octanol–water partition coefficient (Wildman–Crippen LogP) is 2.73. The SMILES string of the molecule is CC(C(=O)Nc1cccc(S(=O)(=O)N(C)c2ccccc2)c1)C1CNC1.Cl. The normalized spacial score (nSPS) is 15.2. The summed E-state index contributed by atoms with van der Waals surface area (Å²) in [6, 6.07) is 15.2. The second kappa shape index (κ2) is 8.73.